The summed E-state index contributed by atoms with van der Waals surface area (Å²) in [6, 6.07) is 14.1. The molecule has 40 heavy (non-hydrogen) atoms. The van der Waals surface area contributed by atoms with Crippen molar-refractivity contribution in [1.29, 1.82) is 0 Å². The summed E-state index contributed by atoms with van der Waals surface area (Å²) in [5.74, 6) is 1.54. The van der Waals surface area contributed by atoms with Crippen LogP contribution in [-0.4, -0.2) is 74.9 Å². The van der Waals surface area contributed by atoms with Gasteiger partial charge in [-0.1, -0.05) is 29.8 Å². The van der Waals surface area contributed by atoms with Crippen LogP contribution in [0.3, 0.4) is 0 Å². The van der Waals surface area contributed by atoms with Crippen molar-refractivity contribution in [3.8, 4) is 5.69 Å². The lowest BCUT2D eigenvalue weighted by molar-refractivity contribution is -0.384. The molecule has 2 saturated heterocycles. The van der Waals surface area contributed by atoms with E-state index in [0.717, 1.165) is 46.9 Å². The molecule has 0 bridgehead atoms. The number of fused-ring (bicyclic) bond motifs is 1. The van der Waals surface area contributed by atoms with Crippen LogP contribution in [0.15, 0.2) is 48.5 Å². The van der Waals surface area contributed by atoms with E-state index in [-0.39, 0.29) is 28.1 Å². The predicted octanol–water partition coefficient (Wildman–Crippen LogP) is 4.54. The number of piperazine rings is 1. The van der Waals surface area contributed by atoms with Gasteiger partial charge in [0.2, 0.25) is 0 Å². The van der Waals surface area contributed by atoms with Gasteiger partial charge in [0.05, 0.1) is 21.7 Å². The van der Waals surface area contributed by atoms with Crippen molar-refractivity contribution in [2.24, 2.45) is 0 Å². The molecule has 2 aromatic heterocycles. The van der Waals surface area contributed by atoms with Crippen molar-refractivity contribution in [3.05, 3.63) is 80.7 Å². The van der Waals surface area contributed by atoms with Crippen molar-refractivity contribution >= 4 is 40.0 Å². The lowest BCUT2D eigenvalue weighted by Gasteiger charge is -2.36. The van der Waals surface area contributed by atoms with E-state index in [1.54, 1.807) is 4.90 Å². The average molecular weight is 562 g/mol. The molecule has 12 heteroatoms. The number of carbonyl (C=O) groups excluding carboxylic acids is 1. The van der Waals surface area contributed by atoms with Crippen molar-refractivity contribution < 1.29 is 14.5 Å². The second-order valence-electron chi connectivity index (χ2n) is 10.0. The van der Waals surface area contributed by atoms with E-state index in [1.807, 2.05) is 41.9 Å². The van der Waals surface area contributed by atoms with E-state index in [2.05, 4.69) is 4.90 Å². The third-order valence-corrected chi connectivity index (χ3v) is 7.86. The predicted molar refractivity (Wildman–Crippen MR) is 150 cm³/mol. The Morgan fingerprint density at radius 3 is 2.48 bits per heavy atom. The van der Waals surface area contributed by atoms with Gasteiger partial charge in [0.1, 0.15) is 16.7 Å². The summed E-state index contributed by atoms with van der Waals surface area (Å²) < 4.78 is 7.47. The first-order valence-corrected chi connectivity index (χ1v) is 13.7. The number of amides is 1. The van der Waals surface area contributed by atoms with Gasteiger partial charge < -0.3 is 14.5 Å². The van der Waals surface area contributed by atoms with Crippen molar-refractivity contribution in [3.63, 3.8) is 0 Å². The number of benzene rings is 2. The highest BCUT2D eigenvalue weighted by Gasteiger charge is 2.29. The van der Waals surface area contributed by atoms with Crippen LogP contribution in [0, 0.1) is 17.0 Å². The Kier molecular flexibility index (Phi) is 7.07. The SMILES string of the molecule is Cc1nn(-c2ccccc2)c2nc(C3CCOCC3)nc(N3CCN(C(=O)c4ccc(Cl)c([N+](=O)[O-])c4)CC3)c12. The number of hydrogen-bond donors (Lipinski definition) is 0. The zero-order valence-electron chi connectivity index (χ0n) is 22.0. The third-order valence-electron chi connectivity index (χ3n) is 7.54. The summed E-state index contributed by atoms with van der Waals surface area (Å²) in [7, 11) is 0. The number of nitrogens with zero attached hydrogens (tertiary/aromatic N) is 7. The minimum Gasteiger partial charge on any atom is -0.381 e. The lowest BCUT2D eigenvalue weighted by atomic mass is 9.99. The average Bonchev–Trinajstić information content (AvgIpc) is 3.33. The van der Waals surface area contributed by atoms with Gasteiger partial charge >= 0.3 is 0 Å². The van der Waals surface area contributed by atoms with Gasteiger partial charge in [-0.3, -0.25) is 14.9 Å². The van der Waals surface area contributed by atoms with E-state index in [4.69, 9.17) is 31.4 Å². The van der Waals surface area contributed by atoms with Gasteiger partial charge in [0, 0.05) is 56.9 Å². The maximum atomic E-state index is 13.2. The molecule has 2 aliphatic rings. The van der Waals surface area contributed by atoms with Gasteiger partial charge in [-0.2, -0.15) is 5.10 Å². The number of halogens is 1. The number of nitro groups is 1. The molecule has 0 spiro atoms. The molecule has 2 aromatic carbocycles. The fourth-order valence-electron chi connectivity index (χ4n) is 5.38. The maximum absolute atomic E-state index is 13.2. The molecular formula is C28H28ClN7O4. The number of para-hydroxylation sites is 1. The zero-order chi connectivity index (χ0) is 27.8. The number of nitro benzene ring substituents is 1. The zero-order valence-corrected chi connectivity index (χ0v) is 22.8. The number of carbonyl (C=O) groups is 1. The van der Waals surface area contributed by atoms with Crippen LogP contribution in [0.1, 0.15) is 40.6 Å². The highest BCUT2D eigenvalue weighted by Crippen LogP contribution is 2.34. The third kappa shape index (κ3) is 4.86. The van der Waals surface area contributed by atoms with Crippen LogP contribution in [-0.2, 0) is 4.74 Å². The van der Waals surface area contributed by atoms with Crippen LogP contribution in [0.2, 0.25) is 5.02 Å². The van der Waals surface area contributed by atoms with Gasteiger partial charge in [0.15, 0.2) is 5.65 Å². The van der Waals surface area contributed by atoms with Gasteiger partial charge in [-0.25, -0.2) is 14.6 Å². The van der Waals surface area contributed by atoms with Gasteiger partial charge in [-0.05, 0) is 44.0 Å². The Hall–Kier alpha value is -4.09. The van der Waals surface area contributed by atoms with Crippen molar-refractivity contribution in [1.82, 2.24) is 24.6 Å². The Bertz CT molecular complexity index is 1580. The normalized spacial score (nSPS) is 16.4. The van der Waals surface area contributed by atoms with E-state index in [0.29, 0.717) is 39.4 Å². The van der Waals surface area contributed by atoms with Gasteiger partial charge in [0.25, 0.3) is 11.6 Å². The summed E-state index contributed by atoms with van der Waals surface area (Å²) in [4.78, 5) is 38.0. The fourth-order valence-corrected chi connectivity index (χ4v) is 5.57. The molecule has 206 valence electrons. The van der Waals surface area contributed by atoms with Crippen molar-refractivity contribution in [2.75, 3.05) is 44.3 Å². The van der Waals surface area contributed by atoms with E-state index in [1.165, 1.54) is 18.2 Å². The monoisotopic (exact) mass is 561 g/mol. The largest absolute Gasteiger partial charge is 0.381 e. The van der Waals surface area contributed by atoms with Crippen LogP contribution < -0.4 is 4.90 Å². The summed E-state index contributed by atoms with van der Waals surface area (Å²) in [6.07, 6.45) is 1.72. The van der Waals surface area contributed by atoms with Crippen LogP contribution in [0.4, 0.5) is 11.5 Å². The second-order valence-corrected chi connectivity index (χ2v) is 10.4. The van der Waals surface area contributed by atoms with Crippen molar-refractivity contribution in [2.45, 2.75) is 25.7 Å². The Balaban J connectivity index is 1.32. The second kappa shape index (κ2) is 10.8. The molecule has 6 rings (SSSR count). The number of rotatable bonds is 5. The minimum absolute atomic E-state index is 0.00546. The van der Waals surface area contributed by atoms with Crippen LogP contribution in [0.25, 0.3) is 16.7 Å². The molecule has 2 aliphatic heterocycles. The Labute approximate surface area is 235 Å². The van der Waals surface area contributed by atoms with E-state index in [9.17, 15) is 14.9 Å². The molecule has 0 aliphatic carbocycles. The summed E-state index contributed by atoms with van der Waals surface area (Å²) in [5.41, 5.74) is 2.49. The Morgan fingerprint density at radius 2 is 1.77 bits per heavy atom. The first kappa shape index (κ1) is 26.1. The maximum Gasteiger partial charge on any atom is 0.288 e. The summed E-state index contributed by atoms with van der Waals surface area (Å²) in [5, 5.41) is 17.1. The highest BCUT2D eigenvalue weighted by atomic mass is 35.5. The number of ether oxygens (including phenoxy) is 1. The molecule has 4 heterocycles. The minimum atomic E-state index is -0.578. The molecule has 11 nitrogen and oxygen atoms in total. The Morgan fingerprint density at radius 1 is 1.05 bits per heavy atom. The van der Waals surface area contributed by atoms with E-state index < -0.39 is 4.92 Å². The molecule has 0 radical (unpaired) electrons. The summed E-state index contributed by atoms with van der Waals surface area (Å²) >= 11 is 5.94. The molecule has 1 amide bonds. The quantitative estimate of drug-likeness (QED) is 0.257. The molecule has 0 saturated carbocycles. The standard InChI is InChI=1S/C28H28ClN7O4/c1-18-24-26(33-11-13-34(14-12-33)28(37)20-7-8-22(29)23(17-20)36(38)39)30-25(19-9-15-40-16-10-19)31-27(24)35(32-18)21-5-3-2-4-6-21/h2-8,17,19H,9-16H2,1H3. The molecule has 0 N–H and O–H groups in total. The van der Waals surface area contributed by atoms with Crippen LogP contribution in [0.5, 0.6) is 0 Å². The molecule has 0 atom stereocenters. The highest BCUT2D eigenvalue weighted by molar-refractivity contribution is 6.32. The molecule has 2 fully saturated rings. The lowest BCUT2D eigenvalue weighted by Crippen LogP contribution is -2.49. The number of hydrogen-bond acceptors (Lipinski definition) is 8. The first-order chi connectivity index (χ1) is 19.4. The topological polar surface area (TPSA) is 120 Å². The molecule has 4 aromatic rings. The van der Waals surface area contributed by atoms with Gasteiger partial charge in [-0.15, -0.1) is 0 Å². The first-order valence-electron chi connectivity index (χ1n) is 13.3. The smallest absolute Gasteiger partial charge is 0.288 e. The van der Waals surface area contributed by atoms with E-state index >= 15 is 0 Å². The number of aromatic nitrogens is 4. The molecule has 0 unspecified atom stereocenters. The number of aryl methyl sites for hydroxylation is 1. The fraction of sp³-hybridized carbons (Fsp3) is 0.357. The molecular weight excluding hydrogens is 534 g/mol. The van der Waals surface area contributed by atoms with Crippen LogP contribution >= 0.6 is 11.6 Å². The number of anilines is 1. The summed E-state index contributed by atoms with van der Waals surface area (Å²) in [6.45, 7) is 5.33.